The Balaban J connectivity index is 1.75. The van der Waals surface area contributed by atoms with Gasteiger partial charge in [-0.05, 0) is 35.9 Å². The van der Waals surface area contributed by atoms with Gasteiger partial charge in [0, 0.05) is 12.1 Å². The smallest absolute Gasteiger partial charge is 0.291 e. The van der Waals surface area contributed by atoms with Gasteiger partial charge in [-0.2, -0.15) is 0 Å². The summed E-state index contributed by atoms with van der Waals surface area (Å²) in [5.41, 5.74) is 7.29. The van der Waals surface area contributed by atoms with Gasteiger partial charge >= 0.3 is 0 Å². The molecule has 19 heavy (non-hydrogen) atoms. The van der Waals surface area contributed by atoms with Crippen molar-refractivity contribution in [1.29, 1.82) is 0 Å². The third kappa shape index (κ3) is 2.32. The molecule has 5 nitrogen and oxygen atoms in total. The van der Waals surface area contributed by atoms with E-state index < -0.39 is 0 Å². The molecule has 1 amide bonds. The zero-order valence-electron chi connectivity index (χ0n) is 10.3. The summed E-state index contributed by atoms with van der Waals surface area (Å²) >= 11 is 0. The molecule has 0 fully saturated rings. The van der Waals surface area contributed by atoms with E-state index in [1.165, 1.54) is 0 Å². The zero-order chi connectivity index (χ0) is 13.2. The van der Waals surface area contributed by atoms with Crippen LogP contribution in [0.5, 0.6) is 5.75 Å². The Morgan fingerprint density at radius 1 is 1.32 bits per heavy atom. The molecule has 2 heterocycles. The van der Waals surface area contributed by atoms with Crippen LogP contribution in [-0.4, -0.2) is 12.5 Å². The molecule has 5 heteroatoms. The summed E-state index contributed by atoms with van der Waals surface area (Å²) in [7, 11) is 0. The van der Waals surface area contributed by atoms with Crippen LogP contribution in [0, 0.1) is 0 Å². The summed E-state index contributed by atoms with van der Waals surface area (Å²) in [5, 5.41) is 2.80. The molecule has 0 saturated carbocycles. The molecule has 0 spiro atoms. The molecular formula is C14H14N2O3. The van der Waals surface area contributed by atoms with Crippen LogP contribution < -0.4 is 15.8 Å². The van der Waals surface area contributed by atoms with E-state index in [0.717, 1.165) is 23.4 Å². The van der Waals surface area contributed by atoms with E-state index in [1.54, 1.807) is 12.1 Å². The molecule has 0 aliphatic carbocycles. The number of ether oxygens (including phenoxy) is 1. The zero-order valence-corrected chi connectivity index (χ0v) is 10.3. The Hall–Kier alpha value is -2.27. The Morgan fingerprint density at radius 3 is 3.00 bits per heavy atom. The third-order valence-corrected chi connectivity index (χ3v) is 3.03. The predicted molar refractivity (Wildman–Crippen MR) is 70.2 cm³/mol. The number of carbonyl (C=O) groups is 1. The van der Waals surface area contributed by atoms with E-state index >= 15 is 0 Å². The number of furan rings is 1. The van der Waals surface area contributed by atoms with Crippen LogP contribution in [0.1, 0.15) is 21.9 Å². The number of hydrogen-bond donors (Lipinski definition) is 2. The monoisotopic (exact) mass is 258 g/mol. The second-order valence-corrected chi connectivity index (χ2v) is 4.35. The van der Waals surface area contributed by atoms with Crippen molar-refractivity contribution in [3.05, 3.63) is 47.4 Å². The molecule has 3 rings (SSSR count). The fourth-order valence-corrected chi connectivity index (χ4v) is 2.07. The molecule has 3 N–H and O–H groups in total. The fraction of sp³-hybridized carbons (Fsp3) is 0.214. The number of rotatable bonds is 3. The molecule has 0 saturated heterocycles. The topological polar surface area (TPSA) is 77.5 Å². The minimum Gasteiger partial charge on any atom is -0.493 e. The van der Waals surface area contributed by atoms with Crippen LogP contribution >= 0.6 is 0 Å². The van der Waals surface area contributed by atoms with E-state index in [4.69, 9.17) is 14.9 Å². The van der Waals surface area contributed by atoms with Gasteiger partial charge in [0.05, 0.1) is 13.2 Å². The quantitative estimate of drug-likeness (QED) is 0.881. The molecular weight excluding hydrogens is 244 g/mol. The Bertz CT molecular complexity index is 619. The average molecular weight is 258 g/mol. The second-order valence-electron chi connectivity index (χ2n) is 4.35. The number of nitrogens with one attached hydrogen (secondary N) is 1. The van der Waals surface area contributed by atoms with Crippen LogP contribution in [0.25, 0.3) is 0 Å². The minimum atomic E-state index is -0.279. The molecule has 1 aromatic heterocycles. The molecule has 0 unspecified atom stereocenters. The van der Waals surface area contributed by atoms with E-state index in [0.29, 0.717) is 12.4 Å². The Morgan fingerprint density at radius 2 is 2.21 bits per heavy atom. The number of nitrogens with two attached hydrogens (primary N) is 1. The number of anilines is 1. The molecule has 1 aromatic carbocycles. The largest absolute Gasteiger partial charge is 0.493 e. The minimum absolute atomic E-state index is 0.261. The number of hydrogen-bond acceptors (Lipinski definition) is 4. The van der Waals surface area contributed by atoms with Crippen LogP contribution in [0.4, 0.5) is 5.69 Å². The fourth-order valence-electron chi connectivity index (χ4n) is 2.07. The van der Waals surface area contributed by atoms with Crippen molar-refractivity contribution >= 4 is 11.6 Å². The predicted octanol–water partition coefficient (Wildman–Crippen LogP) is 1.93. The van der Waals surface area contributed by atoms with Gasteiger partial charge in [0.2, 0.25) is 0 Å². The van der Waals surface area contributed by atoms with Gasteiger partial charge in [-0.3, -0.25) is 4.79 Å². The van der Waals surface area contributed by atoms with Gasteiger partial charge in [0.25, 0.3) is 5.91 Å². The molecule has 2 aromatic rings. The summed E-state index contributed by atoms with van der Waals surface area (Å²) < 4.78 is 10.7. The number of fused-ring (bicyclic) bond motifs is 1. The lowest BCUT2D eigenvalue weighted by Crippen LogP contribution is -2.11. The number of amides is 1. The lowest BCUT2D eigenvalue weighted by atomic mass is 10.1. The molecule has 0 radical (unpaired) electrons. The highest BCUT2D eigenvalue weighted by molar-refractivity contribution is 6.02. The maximum absolute atomic E-state index is 12.0. The van der Waals surface area contributed by atoms with Crippen molar-refractivity contribution in [2.75, 3.05) is 11.9 Å². The Kier molecular flexibility index (Phi) is 2.97. The van der Waals surface area contributed by atoms with Gasteiger partial charge in [-0.25, -0.2) is 0 Å². The summed E-state index contributed by atoms with van der Waals surface area (Å²) in [6, 6.07) is 8.92. The van der Waals surface area contributed by atoms with E-state index in [1.807, 2.05) is 18.2 Å². The maximum atomic E-state index is 12.0. The summed E-state index contributed by atoms with van der Waals surface area (Å²) in [6.45, 7) is 0.980. The number of carbonyl (C=O) groups excluding carboxylic acids is 1. The summed E-state index contributed by atoms with van der Waals surface area (Å²) in [4.78, 5) is 12.0. The number of benzene rings is 1. The first kappa shape index (κ1) is 11.8. The van der Waals surface area contributed by atoms with Crippen molar-refractivity contribution in [2.45, 2.75) is 13.0 Å². The lowest BCUT2D eigenvalue weighted by Gasteiger charge is -2.05. The van der Waals surface area contributed by atoms with E-state index in [-0.39, 0.29) is 18.2 Å². The summed E-state index contributed by atoms with van der Waals surface area (Å²) in [5.74, 6) is 1.46. The van der Waals surface area contributed by atoms with Crippen molar-refractivity contribution in [3.63, 3.8) is 0 Å². The maximum Gasteiger partial charge on any atom is 0.291 e. The highest BCUT2D eigenvalue weighted by Crippen LogP contribution is 2.28. The van der Waals surface area contributed by atoms with Crippen molar-refractivity contribution < 1.29 is 13.9 Å². The first-order valence-electron chi connectivity index (χ1n) is 6.12. The SMILES string of the molecule is NCc1ccc(C(=O)Nc2ccc3c(c2)CCO3)o1. The first-order valence-corrected chi connectivity index (χ1v) is 6.12. The lowest BCUT2D eigenvalue weighted by molar-refractivity contribution is 0.0995. The van der Waals surface area contributed by atoms with Gasteiger partial charge in [0.1, 0.15) is 11.5 Å². The van der Waals surface area contributed by atoms with Gasteiger partial charge in [0.15, 0.2) is 5.76 Å². The molecule has 1 aliphatic heterocycles. The molecule has 0 atom stereocenters. The highest BCUT2D eigenvalue weighted by atomic mass is 16.5. The van der Waals surface area contributed by atoms with Crippen LogP contribution in [0.2, 0.25) is 0 Å². The van der Waals surface area contributed by atoms with Crippen molar-refractivity contribution in [3.8, 4) is 5.75 Å². The Labute approximate surface area is 110 Å². The van der Waals surface area contributed by atoms with Crippen LogP contribution in [0.3, 0.4) is 0 Å². The normalized spacial score (nSPS) is 12.9. The van der Waals surface area contributed by atoms with Gasteiger partial charge in [-0.1, -0.05) is 0 Å². The van der Waals surface area contributed by atoms with Crippen molar-refractivity contribution in [2.24, 2.45) is 5.73 Å². The van der Waals surface area contributed by atoms with Crippen LogP contribution in [0.15, 0.2) is 34.7 Å². The highest BCUT2D eigenvalue weighted by Gasteiger charge is 2.15. The standard InChI is InChI=1S/C14H14N2O3/c15-8-11-2-4-13(19-11)14(17)16-10-1-3-12-9(7-10)5-6-18-12/h1-4,7H,5-6,8,15H2,(H,16,17). The van der Waals surface area contributed by atoms with Crippen molar-refractivity contribution in [1.82, 2.24) is 0 Å². The van der Waals surface area contributed by atoms with Crippen LogP contribution in [-0.2, 0) is 13.0 Å². The second kappa shape index (κ2) is 4.78. The molecule has 0 bridgehead atoms. The molecule has 98 valence electrons. The van der Waals surface area contributed by atoms with Gasteiger partial charge < -0.3 is 20.2 Å². The van der Waals surface area contributed by atoms with Gasteiger partial charge in [-0.15, -0.1) is 0 Å². The molecule has 1 aliphatic rings. The van der Waals surface area contributed by atoms with E-state index in [9.17, 15) is 4.79 Å². The average Bonchev–Trinajstić information content (AvgIpc) is 3.06. The summed E-state index contributed by atoms with van der Waals surface area (Å²) in [6.07, 6.45) is 0.872. The third-order valence-electron chi connectivity index (χ3n) is 3.03. The van der Waals surface area contributed by atoms with E-state index in [2.05, 4.69) is 5.32 Å². The first-order chi connectivity index (χ1) is 9.26.